The van der Waals surface area contributed by atoms with Crippen molar-refractivity contribution < 1.29 is 30.9 Å². The number of fused-ring (bicyclic) bond motifs is 3. The highest BCUT2D eigenvalue weighted by Gasteiger charge is 2.31. The number of hydrazine groups is 1. The number of benzene rings is 3. The van der Waals surface area contributed by atoms with Crippen molar-refractivity contribution in [3.63, 3.8) is 0 Å². The second-order valence-electron chi connectivity index (χ2n) is 9.01. The molecule has 1 aliphatic carbocycles. The van der Waals surface area contributed by atoms with Crippen molar-refractivity contribution in [3.05, 3.63) is 72.3 Å². The number of rotatable bonds is 7. The number of hydrogen-bond donors (Lipinski definition) is 1. The molecule has 38 heavy (non-hydrogen) atoms. The lowest BCUT2D eigenvalue weighted by molar-refractivity contribution is -0.274. The Hall–Kier alpha value is -2.67. The molecule has 0 amide bonds. The zero-order valence-corrected chi connectivity index (χ0v) is 22.1. The van der Waals surface area contributed by atoms with Gasteiger partial charge in [-0.25, -0.2) is 14.2 Å². The zero-order valence-electron chi connectivity index (χ0n) is 20.3. The van der Waals surface area contributed by atoms with Gasteiger partial charge in [0.2, 0.25) is 0 Å². The summed E-state index contributed by atoms with van der Waals surface area (Å²) in [4.78, 5) is 0. The van der Waals surface area contributed by atoms with Crippen LogP contribution in [0.25, 0.3) is 21.8 Å². The van der Waals surface area contributed by atoms with Crippen LogP contribution in [0.3, 0.4) is 0 Å². The fraction of sp³-hybridized carbons (Fsp3) is 0.308. The standard InChI is InChI=1S/C26H24F5N3O2S.H2S/c1-33(37-36-21-9-7-20(8-10-21)35-26(29,30)31)32-18-3-2-4-19(15-18)34-24-11-5-16(27)13-22(24)23-14-17(28)6-12-25(23)34;/h5-14,18-19,32H,2-4,15H2,1H3;1H2. The van der Waals surface area contributed by atoms with Crippen LogP contribution >= 0.6 is 25.7 Å². The van der Waals surface area contributed by atoms with Gasteiger partial charge in [-0.15, -0.1) is 13.2 Å². The molecule has 1 fully saturated rings. The summed E-state index contributed by atoms with van der Waals surface area (Å²) >= 11 is 1.02. The minimum absolute atomic E-state index is 0. The van der Waals surface area contributed by atoms with Crippen LogP contribution < -0.4 is 14.3 Å². The van der Waals surface area contributed by atoms with E-state index >= 15 is 0 Å². The van der Waals surface area contributed by atoms with Crippen molar-refractivity contribution in [2.24, 2.45) is 0 Å². The molecule has 5 rings (SSSR count). The highest BCUT2D eigenvalue weighted by Crippen LogP contribution is 2.38. The van der Waals surface area contributed by atoms with Gasteiger partial charge in [0.05, 0.1) is 0 Å². The molecular weight excluding hydrogens is 545 g/mol. The van der Waals surface area contributed by atoms with Gasteiger partial charge in [-0.3, -0.25) is 0 Å². The second-order valence-corrected chi connectivity index (χ2v) is 9.88. The van der Waals surface area contributed by atoms with Crippen molar-refractivity contribution in [2.45, 2.75) is 44.1 Å². The van der Waals surface area contributed by atoms with E-state index < -0.39 is 6.36 Å². The Labute approximate surface area is 227 Å². The number of alkyl halides is 3. The van der Waals surface area contributed by atoms with Gasteiger partial charge in [0.25, 0.3) is 0 Å². The highest BCUT2D eigenvalue weighted by atomic mass is 32.2. The van der Waals surface area contributed by atoms with Gasteiger partial charge in [0.15, 0.2) is 12.2 Å². The summed E-state index contributed by atoms with van der Waals surface area (Å²) in [6, 6.07) is 14.7. The summed E-state index contributed by atoms with van der Waals surface area (Å²) in [5.41, 5.74) is 5.15. The smallest absolute Gasteiger partial charge is 0.409 e. The molecule has 1 aromatic heterocycles. The van der Waals surface area contributed by atoms with Gasteiger partial charge in [0.1, 0.15) is 23.1 Å². The van der Waals surface area contributed by atoms with E-state index in [1.54, 1.807) is 23.6 Å². The fourth-order valence-electron chi connectivity index (χ4n) is 4.98. The molecule has 1 heterocycles. The van der Waals surface area contributed by atoms with Crippen LogP contribution in [0.5, 0.6) is 11.5 Å². The average Bonchev–Trinajstić information content (AvgIpc) is 3.15. The summed E-state index contributed by atoms with van der Waals surface area (Å²) in [6.07, 6.45) is -1.12. The van der Waals surface area contributed by atoms with E-state index in [1.165, 1.54) is 48.5 Å². The van der Waals surface area contributed by atoms with Crippen molar-refractivity contribution in [1.29, 1.82) is 0 Å². The topological polar surface area (TPSA) is 38.7 Å². The summed E-state index contributed by atoms with van der Waals surface area (Å²) in [6.45, 7) is 0. The summed E-state index contributed by atoms with van der Waals surface area (Å²) in [5.74, 6) is -0.667. The highest BCUT2D eigenvalue weighted by molar-refractivity contribution is 7.92. The molecule has 1 saturated carbocycles. The molecule has 1 aliphatic rings. The third kappa shape index (κ3) is 6.48. The van der Waals surface area contributed by atoms with E-state index in [1.807, 2.05) is 0 Å². The van der Waals surface area contributed by atoms with Crippen molar-refractivity contribution in [3.8, 4) is 11.5 Å². The molecule has 2 atom stereocenters. The van der Waals surface area contributed by atoms with Crippen LogP contribution in [0, 0.1) is 11.6 Å². The molecule has 0 spiro atoms. The van der Waals surface area contributed by atoms with Crippen LogP contribution in [0.2, 0.25) is 0 Å². The van der Waals surface area contributed by atoms with Crippen LogP contribution in [0.4, 0.5) is 22.0 Å². The third-order valence-corrected chi connectivity index (χ3v) is 7.00. The van der Waals surface area contributed by atoms with Gasteiger partial charge < -0.3 is 13.5 Å². The molecule has 5 nitrogen and oxygen atoms in total. The van der Waals surface area contributed by atoms with Gasteiger partial charge in [-0.1, -0.05) is 0 Å². The Morgan fingerprint density at radius 3 is 2.05 bits per heavy atom. The van der Waals surface area contributed by atoms with Gasteiger partial charge >= 0.3 is 6.36 Å². The first-order chi connectivity index (χ1) is 17.7. The zero-order chi connectivity index (χ0) is 26.2. The number of aromatic nitrogens is 1. The lowest BCUT2D eigenvalue weighted by Crippen LogP contribution is -2.41. The predicted molar refractivity (Wildman–Crippen MR) is 143 cm³/mol. The largest absolute Gasteiger partial charge is 0.573 e. The number of ether oxygens (including phenoxy) is 1. The summed E-state index contributed by atoms with van der Waals surface area (Å²) < 4.78 is 78.3. The number of nitrogens with one attached hydrogen (secondary N) is 1. The average molecular weight is 572 g/mol. The first-order valence-electron chi connectivity index (χ1n) is 11.8. The monoisotopic (exact) mass is 571 g/mol. The lowest BCUT2D eigenvalue weighted by atomic mass is 9.91. The minimum atomic E-state index is -4.75. The molecule has 1 N–H and O–H groups in total. The van der Waals surface area contributed by atoms with Gasteiger partial charge in [-0.05, 0) is 86.3 Å². The van der Waals surface area contributed by atoms with E-state index in [9.17, 15) is 22.0 Å². The van der Waals surface area contributed by atoms with Crippen LogP contribution in [-0.2, 0) is 0 Å². The maximum absolute atomic E-state index is 14.0. The molecular formula is C26H26F5N3O2S2. The lowest BCUT2D eigenvalue weighted by Gasteiger charge is -2.33. The van der Waals surface area contributed by atoms with E-state index in [4.69, 9.17) is 4.18 Å². The molecule has 4 aromatic rings. The predicted octanol–water partition coefficient (Wildman–Crippen LogP) is 7.65. The minimum Gasteiger partial charge on any atom is -0.409 e. The van der Waals surface area contributed by atoms with E-state index in [0.717, 1.165) is 48.9 Å². The fourth-order valence-corrected chi connectivity index (χ4v) is 5.48. The van der Waals surface area contributed by atoms with Crippen molar-refractivity contribution in [1.82, 2.24) is 14.4 Å². The number of nitrogens with zero attached hydrogens (tertiary/aromatic N) is 2. The van der Waals surface area contributed by atoms with E-state index in [-0.39, 0.29) is 43.0 Å². The van der Waals surface area contributed by atoms with Gasteiger partial charge in [0, 0.05) is 40.9 Å². The van der Waals surface area contributed by atoms with E-state index in [0.29, 0.717) is 16.5 Å². The summed E-state index contributed by atoms with van der Waals surface area (Å²) in [5, 5.41) is 1.38. The Morgan fingerprint density at radius 1 is 0.895 bits per heavy atom. The Balaban J connectivity index is 0.00000336. The van der Waals surface area contributed by atoms with Crippen LogP contribution in [0.1, 0.15) is 31.7 Å². The van der Waals surface area contributed by atoms with Crippen LogP contribution in [-0.4, -0.2) is 28.4 Å². The van der Waals surface area contributed by atoms with Gasteiger partial charge in [-0.2, -0.15) is 17.9 Å². The molecule has 0 bridgehead atoms. The van der Waals surface area contributed by atoms with Crippen LogP contribution in [0.15, 0.2) is 60.7 Å². The summed E-state index contributed by atoms with van der Waals surface area (Å²) in [7, 11) is 1.79. The molecule has 3 aromatic carbocycles. The molecule has 0 aliphatic heterocycles. The van der Waals surface area contributed by atoms with E-state index in [2.05, 4.69) is 14.7 Å². The molecule has 2 unspecified atom stereocenters. The third-order valence-electron chi connectivity index (χ3n) is 6.41. The molecule has 204 valence electrons. The first-order valence-corrected chi connectivity index (χ1v) is 12.5. The maximum atomic E-state index is 14.0. The Bertz CT molecular complexity index is 1340. The van der Waals surface area contributed by atoms with Crippen molar-refractivity contribution >= 4 is 47.5 Å². The number of hydrogen-bond acceptors (Lipinski definition) is 5. The Morgan fingerprint density at radius 2 is 1.47 bits per heavy atom. The SMILES string of the molecule is CN(NC1CCCC(n2c3ccc(F)cc3c3cc(F)ccc32)C1)SOc1ccc(OC(F)(F)F)cc1.S. The molecule has 12 heteroatoms. The first kappa shape index (κ1) is 28.3. The van der Waals surface area contributed by atoms with Crippen molar-refractivity contribution in [2.75, 3.05) is 7.05 Å². The number of halogens is 5. The normalized spacial score (nSPS) is 18.1. The maximum Gasteiger partial charge on any atom is 0.573 e. The Kier molecular flexibility index (Phi) is 8.65. The molecule has 0 saturated heterocycles. The second kappa shape index (κ2) is 11.6. The quantitative estimate of drug-likeness (QED) is 0.107. The molecule has 0 radical (unpaired) electrons.